The van der Waals surface area contributed by atoms with Gasteiger partial charge in [0.1, 0.15) is 11.5 Å². The third-order valence-electron chi connectivity index (χ3n) is 2.83. The average molecular weight is 235 g/mol. The van der Waals surface area contributed by atoms with E-state index in [9.17, 15) is 4.79 Å². The molecule has 2 N–H and O–H groups in total. The number of carbonyl (C=O) groups is 1. The molecular weight excluding hydrogens is 214 g/mol. The smallest absolute Gasteiger partial charge is 0.149 e. The van der Waals surface area contributed by atoms with Gasteiger partial charge in [-0.15, -0.1) is 0 Å². The van der Waals surface area contributed by atoms with Gasteiger partial charge in [0.05, 0.1) is 13.2 Å². The van der Waals surface area contributed by atoms with Crippen LogP contribution in [-0.4, -0.2) is 18.9 Å². The molecule has 17 heavy (non-hydrogen) atoms. The normalized spacial score (nSPS) is 12.2. The molecule has 0 aliphatic carbocycles. The Morgan fingerprint density at radius 3 is 2.53 bits per heavy atom. The van der Waals surface area contributed by atoms with Crippen LogP contribution in [0.4, 0.5) is 0 Å². The van der Waals surface area contributed by atoms with Crippen LogP contribution in [-0.2, 0) is 11.2 Å². The number of hydrogen-bond donors (Lipinski definition) is 1. The highest BCUT2D eigenvalue weighted by Crippen LogP contribution is 2.13. The van der Waals surface area contributed by atoms with E-state index in [1.54, 1.807) is 7.11 Å². The Morgan fingerprint density at radius 1 is 1.35 bits per heavy atom. The molecule has 0 aliphatic heterocycles. The van der Waals surface area contributed by atoms with Gasteiger partial charge < -0.3 is 10.5 Å². The molecule has 1 rings (SSSR count). The largest absolute Gasteiger partial charge is 0.497 e. The summed E-state index contributed by atoms with van der Waals surface area (Å²) in [7, 11) is 1.64. The van der Waals surface area contributed by atoms with Crippen molar-refractivity contribution in [3.05, 3.63) is 29.8 Å². The van der Waals surface area contributed by atoms with Gasteiger partial charge in [0.25, 0.3) is 0 Å². The molecule has 1 unspecified atom stereocenters. The van der Waals surface area contributed by atoms with E-state index in [0.717, 1.165) is 30.6 Å². The highest BCUT2D eigenvalue weighted by molar-refractivity contribution is 5.83. The molecule has 1 aromatic carbocycles. The van der Waals surface area contributed by atoms with Crippen LogP contribution in [0.25, 0.3) is 0 Å². The van der Waals surface area contributed by atoms with E-state index in [2.05, 4.69) is 0 Å². The second-order valence-electron chi connectivity index (χ2n) is 4.21. The molecule has 94 valence electrons. The predicted molar refractivity (Wildman–Crippen MR) is 69.2 cm³/mol. The zero-order chi connectivity index (χ0) is 12.7. The van der Waals surface area contributed by atoms with E-state index >= 15 is 0 Å². The SMILES string of the molecule is CCCC(N)C(=O)CCc1ccc(OC)cc1. The summed E-state index contributed by atoms with van der Waals surface area (Å²) in [6.07, 6.45) is 3.00. The van der Waals surface area contributed by atoms with E-state index in [1.807, 2.05) is 31.2 Å². The minimum Gasteiger partial charge on any atom is -0.497 e. The number of ketones is 1. The summed E-state index contributed by atoms with van der Waals surface area (Å²) in [4.78, 5) is 11.7. The number of ether oxygens (including phenoxy) is 1. The monoisotopic (exact) mass is 235 g/mol. The Bertz CT molecular complexity index is 346. The van der Waals surface area contributed by atoms with Crippen LogP contribution in [0.1, 0.15) is 31.7 Å². The van der Waals surface area contributed by atoms with Crippen molar-refractivity contribution in [3.8, 4) is 5.75 Å². The number of hydrogen-bond acceptors (Lipinski definition) is 3. The lowest BCUT2D eigenvalue weighted by Gasteiger charge is -2.09. The van der Waals surface area contributed by atoms with Crippen molar-refractivity contribution >= 4 is 5.78 Å². The first-order chi connectivity index (χ1) is 8.17. The van der Waals surface area contributed by atoms with Crippen LogP contribution in [0.2, 0.25) is 0 Å². The van der Waals surface area contributed by atoms with Gasteiger partial charge in [0, 0.05) is 6.42 Å². The molecule has 1 aromatic rings. The summed E-state index contributed by atoms with van der Waals surface area (Å²) in [5, 5.41) is 0. The zero-order valence-corrected chi connectivity index (χ0v) is 10.6. The Balaban J connectivity index is 2.41. The summed E-state index contributed by atoms with van der Waals surface area (Å²) in [6.45, 7) is 2.04. The zero-order valence-electron chi connectivity index (χ0n) is 10.6. The van der Waals surface area contributed by atoms with Crippen LogP contribution in [0.3, 0.4) is 0 Å². The molecule has 0 amide bonds. The fourth-order valence-electron chi connectivity index (χ4n) is 1.72. The fourth-order valence-corrected chi connectivity index (χ4v) is 1.72. The number of nitrogens with two attached hydrogens (primary N) is 1. The molecule has 0 aromatic heterocycles. The molecule has 0 heterocycles. The van der Waals surface area contributed by atoms with Crippen molar-refractivity contribution in [1.82, 2.24) is 0 Å². The Hall–Kier alpha value is -1.35. The predicted octanol–water partition coefficient (Wildman–Crippen LogP) is 2.32. The van der Waals surface area contributed by atoms with E-state index in [0.29, 0.717) is 6.42 Å². The van der Waals surface area contributed by atoms with E-state index in [-0.39, 0.29) is 11.8 Å². The summed E-state index contributed by atoms with van der Waals surface area (Å²) in [6, 6.07) is 7.49. The van der Waals surface area contributed by atoms with Gasteiger partial charge in [-0.1, -0.05) is 25.5 Å². The third-order valence-corrected chi connectivity index (χ3v) is 2.83. The second-order valence-corrected chi connectivity index (χ2v) is 4.21. The first-order valence-electron chi connectivity index (χ1n) is 6.08. The molecule has 3 heteroatoms. The number of Topliss-reactive ketones (excluding diaryl/α,β-unsaturated/α-hetero) is 1. The summed E-state index contributed by atoms with van der Waals surface area (Å²) < 4.78 is 5.08. The van der Waals surface area contributed by atoms with Crippen LogP contribution in [0.5, 0.6) is 5.75 Å². The topological polar surface area (TPSA) is 52.3 Å². The van der Waals surface area contributed by atoms with Gasteiger partial charge in [0.15, 0.2) is 0 Å². The Labute approximate surface area is 103 Å². The molecule has 0 fully saturated rings. The standard InChI is InChI=1S/C14H21NO2/c1-3-4-13(15)14(16)10-7-11-5-8-12(17-2)9-6-11/h5-6,8-9,13H,3-4,7,10,15H2,1-2H3. The molecule has 0 saturated carbocycles. The van der Waals surface area contributed by atoms with Crippen molar-refractivity contribution in [1.29, 1.82) is 0 Å². The fraction of sp³-hybridized carbons (Fsp3) is 0.500. The highest BCUT2D eigenvalue weighted by Gasteiger charge is 2.11. The van der Waals surface area contributed by atoms with Gasteiger partial charge >= 0.3 is 0 Å². The molecular formula is C14H21NO2. The van der Waals surface area contributed by atoms with Crippen LogP contribution in [0.15, 0.2) is 24.3 Å². The lowest BCUT2D eigenvalue weighted by atomic mass is 10.0. The Morgan fingerprint density at radius 2 is 2.00 bits per heavy atom. The third kappa shape index (κ3) is 4.57. The Kier molecular flexibility index (Phi) is 5.70. The van der Waals surface area contributed by atoms with Crippen molar-refractivity contribution < 1.29 is 9.53 Å². The van der Waals surface area contributed by atoms with E-state index in [1.165, 1.54) is 0 Å². The lowest BCUT2D eigenvalue weighted by Crippen LogP contribution is -2.30. The van der Waals surface area contributed by atoms with Crippen molar-refractivity contribution in [2.24, 2.45) is 5.73 Å². The second kappa shape index (κ2) is 7.07. The molecule has 0 saturated heterocycles. The molecule has 1 atom stereocenters. The van der Waals surface area contributed by atoms with Crippen LogP contribution in [0, 0.1) is 0 Å². The average Bonchev–Trinajstić information content (AvgIpc) is 2.36. The molecule has 0 radical (unpaired) electrons. The summed E-state index contributed by atoms with van der Waals surface area (Å²) in [5.41, 5.74) is 6.91. The minimum atomic E-state index is -0.293. The molecule has 0 spiro atoms. The number of aryl methyl sites for hydroxylation is 1. The van der Waals surface area contributed by atoms with Gasteiger partial charge in [-0.3, -0.25) is 4.79 Å². The maximum absolute atomic E-state index is 11.7. The van der Waals surface area contributed by atoms with Crippen molar-refractivity contribution in [2.75, 3.05) is 7.11 Å². The summed E-state index contributed by atoms with van der Waals surface area (Å²) >= 11 is 0. The highest BCUT2D eigenvalue weighted by atomic mass is 16.5. The van der Waals surface area contributed by atoms with Gasteiger partial charge in [-0.05, 0) is 30.5 Å². The van der Waals surface area contributed by atoms with E-state index < -0.39 is 0 Å². The molecule has 0 bridgehead atoms. The molecule has 0 aliphatic rings. The number of benzene rings is 1. The number of methoxy groups -OCH3 is 1. The van der Waals surface area contributed by atoms with E-state index in [4.69, 9.17) is 10.5 Å². The summed E-state index contributed by atoms with van der Waals surface area (Å²) in [5.74, 6) is 0.991. The van der Waals surface area contributed by atoms with Gasteiger partial charge in [-0.2, -0.15) is 0 Å². The quantitative estimate of drug-likeness (QED) is 0.789. The lowest BCUT2D eigenvalue weighted by molar-refractivity contribution is -0.120. The van der Waals surface area contributed by atoms with Gasteiger partial charge in [-0.25, -0.2) is 0 Å². The first kappa shape index (κ1) is 13.7. The first-order valence-corrected chi connectivity index (χ1v) is 6.08. The maximum Gasteiger partial charge on any atom is 0.149 e. The van der Waals surface area contributed by atoms with Crippen LogP contribution >= 0.6 is 0 Å². The number of carbonyl (C=O) groups excluding carboxylic acids is 1. The van der Waals surface area contributed by atoms with Crippen molar-refractivity contribution in [3.63, 3.8) is 0 Å². The molecule has 3 nitrogen and oxygen atoms in total. The van der Waals surface area contributed by atoms with Gasteiger partial charge in [0.2, 0.25) is 0 Å². The number of rotatable bonds is 7. The van der Waals surface area contributed by atoms with Crippen molar-refractivity contribution in [2.45, 2.75) is 38.6 Å². The maximum atomic E-state index is 11.7. The minimum absolute atomic E-state index is 0.155. The van der Waals surface area contributed by atoms with Crippen LogP contribution < -0.4 is 10.5 Å².